The van der Waals surface area contributed by atoms with E-state index in [1.54, 1.807) is 11.3 Å². The fourth-order valence-corrected chi connectivity index (χ4v) is 1.88. The van der Waals surface area contributed by atoms with E-state index in [2.05, 4.69) is 31.1 Å². The molecule has 1 aromatic rings. The second kappa shape index (κ2) is 5.58. The fourth-order valence-electron chi connectivity index (χ4n) is 1.23. The first-order chi connectivity index (χ1) is 7.11. The van der Waals surface area contributed by atoms with Gasteiger partial charge in [0.2, 0.25) is 0 Å². The molecule has 0 spiro atoms. The van der Waals surface area contributed by atoms with Gasteiger partial charge in [0.1, 0.15) is 0 Å². The van der Waals surface area contributed by atoms with Crippen LogP contribution in [0.15, 0.2) is 11.7 Å². The average Bonchev–Trinajstić information content (AvgIpc) is 2.79. The quantitative estimate of drug-likeness (QED) is 0.784. The molecular formula is C11H20N2OS. The Hall–Kier alpha value is -0.450. The van der Waals surface area contributed by atoms with Gasteiger partial charge in [0.15, 0.2) is 0 Å². The molecule has 0 aliphatic carbocycles. The van der Waals surface area contributed by atoms with Crippen LogP contribution in [0.25, 0.3) is 0 Å². The van der Waals surface area contributed by atoms with Gasteiger partial charge in [-0.25, -0.2) is 0 Å². The summed E-state index contributed by atoms with van der Waals surface area (Å²) in [7, 11) is 0. The zero-order chi connectivity index (χ0) is 11.3. The largest absolute Gasteiger partial charge is 0.396 e. The third kappa shape index (κ3) is 3.55. The topological polar surface area (TPSA) is 45.1 Å². The highest BCUT2D eigenvalue weighted by atomic mass is 32.1. The predicted molar refractivity (Wildman–Crippen MR) is 64.0 cm³/mol. The Balaban J connectivity index is 2.43. The van der Waals surface area contributed by atoms with Crippen LogP contribution < -0.4 is 5.32 Å². The Labute approximate surface area is 95.6 Å². The summed E-state index contributed by atoms with van der Waals surface area (Å²) in [4.78, 5) is 5.30. The Kier molecular flexibility index (Phi) is 4.70. The minimum atomic E-state index is -0.0149. The van der Waals surface area contributed by atoms with Gasteiger partial charge in [0.25, 0.3) is 0 Å². The first-order valence-electron chi connectivity index (χ1n) is 5.34. The zero-order valence-corrected chi connectivity index (χ0v) is 10.5. The number of nitrogens with one attached hydrogen (secondary N) is 1. The molecule has 0 saturated carbocycles. The van der Waals surface area contributed by atoms with Gasteiger partial charge in [-0.3, -0.25) is 4.98 Å². The lowest BCUT2D eigenvalue weighted by molar-refractivity contribution is 0.132. The van der Waals surface area contributed by atoms with Crippen molar-refractivity contribution in [3.63, 3.8) is 0 Å². The van der Waals surface area contributed by atoms with E-state index in [0.29, 0.717) is 6.04 Å². The Morgan fingerprint density at radius 1 is 1.67 bits per heavy atom. The van der Waals surface area contributed by atoms with Gasteiger partial charge in [-0.05, 0) is 13.3 Å². The summed E-state index contributed by atoms with van der Waals surface area (Å²) in [5, 5.41) is 12.7. The molecule has 15 heavy (non-hydrogen) atoms. The maximum absolute atomic E-state index is 9.28. The third-order valence-electron chi connectivity index (χ3n) is 2.95. The highest BCUT2D eigenvalue weighted by molar-refractivity contribution is 7.09. The number of hydrogen-bond acceptors (Lipinski definition) is 4. The first-order valence-corrected chi connectivity index (χ1v) is 6.22. The van der Waals surface area contributed by atoms with E-state index >= 15 is 0 Å². The molecule has 2 unspecified atom stereocenters. The van der Waals surface area contributed by atoms with E-state index in [0.717, 1.165) is 13.0 Å². The van der Waals surface area contributed by atoms with E-state index in [1.165, 1.54) is 4.88 Å². The second-order valence-electron chi connectivity index (χ2n) is 4.33. The van der Waals surface area contributed by atoms with Crippen molar-refractivity contribution >= 4 is 11.3 Å². The second-order valence-corrected chi connectivity index (χ2v) is 5.25. The number of hydrogen-bond donors (Lipinski definition) is 2. The monoisotopic (exact) mass is 228 g/mol. The molecule has 1 aromatic heterocycles. The molecule has 0 saturated heterocycles. The van der Waals surface area contributed by atoms with Crippen LogP contribution in [0.2, 0.25) is 0 Å². The zero-order valence-electron chi connectivity index (χ0n) is 9.66. The van der Waals surface area contributed by atoms with Crippen LogP contribution in [-0.4, -0.2) is 23.2 Å². The van der Waals surface area contributed by atoms with Crippen molar-refractivity contribution in [3.05, 3.63) is 16.6 Å². The molecule has 0 amide bonds. The van der Waals surface area contributed by atoms with Crippen molar-refractivity contribution in [2.75, 3.05) is 13.2 Å². The third-order valence-corrected chi connectivity index (χ3v) is 3.91. The van der Waals surface area contributed by atoms with Crippen molar-refractivity contribution in [1.29, 1.82) is 0 Å². The SMILES string of the molecule is CCC(C)(CO)CNC(C)c1cncs1. The minimum Gasteiger partial charge on any atom is -0.396 e. The summed E-state index contributed by atoms with van der Waals surface area (Å²) in [6.45, 7) is 7.39. The standard InChI is InChI=1S/C11H20N2OS/c1-4-11(3,7-14)6-13-9(2)10-5-12-8-15-10/h5,8-9,13-14H,4,6-7H2,1-3H3. The van der Waals surface area contributed by atoms with Gasteiger partial charge in [0.05, 0.1) is 5.51 Å². The Morgan fingerprint density at radius 3 is 2.87 bits per heavy atom. The van der Waals surface area contributed by atoms with Gasteiger partial charge in [0, 0.05) is 35.7 Å². The summed E-state index contributed by atoms with van der Waals surface area (Å²) in [6.07, 6.45) is 2.87. The molecular weight excluding hydrogens is 208 g/mol. The molecule has 0 radical (unpaired) electrons. The first kappa shape index (κ1) is 12.6. The molecule has 0 fully saturated rings. The molecule has 0 bridgehead atoms. The highest BCUT2D eigenvalue weighted by Gasteiger charge is 2.21. The van der Waals surface area contributed by atoms with E-state index in [1.807, 2.05) is 11.7 Å². The summed E-state index contributed by atoms with van der Waals surface area (Å²) < 4.78 is 0. The number of aliphatic hydroxyl groups excluding tert-OH is 1. The van der Waals surface area contributed by atoms with Crippen LogP contribution in [0.3, 0.4) is 0 Å². The van der Waals surface area contributed by atoms with Gasteiger partial charge in [-0.15, -0.1) is 11.3 Å². The van der Waals surface area contributed by atoms with Crippen LogP contribution in [0, 0.1) is 5.41 Å². The lowest BCUT2D eigenvalue weighted by Gasteiger charge is -2.27. The van der Waals surface area contributed by atoms with Crippen molar-refractivity contribution in [1.82, 2.24) is 10.3 Å². The molecule has 0 aliphatic rings. The number of nitrogens with zero attached hydrogens (tertiary/aromatic N) is 1. The summed E-state index contributed by atoms with van der Waals surface area (Å²) in [5.74, 6) is 0. The van der Waals surface area contributed by atoms with Gasteiger partial charge >= 0.3 is 0 Å². The number of rotatable bonds is 6. The minimum absolute atomic E-state index is 0.0149. The molecule has 2 atom stereocenters. The van der Waals surface area contributed by atoms with Crippen LogP contribution >= 0.6 is 11.3 Å². The average molecular weight is 228 g/mol. The number of thiazole rings is 1. The van der Waals surface area contributed by atoms with Crippen molar-refractivity contribution in [2.24, 2.45) is 5.41 Å². The molecule has 0 aliphatic heterocycles. The van der Waals surface area contributed by atoms with Gasteiger partial charge in [-0.2, -0.15) is 0 Å². The van der Waals surface area contributed by atoms with Crippen LogP contribution in [0.4, 0.5) is 0 Å². The molecule has 1 rings (SSSR count). The number of aliphatic hydroxyl groups is 1. The summed E-state index contributed by atoms with van der Waals surface area (Å²) >= 11 is 1.66. The lowest BCUT2D eigenvalue weighted by Crippen LogP contribution is -2.35. The van der Waals surface area contributed by atoms with E-state index in [9.17, 15) is 5.11 Å². The van der Waals surface area contributed by atoms with Gasteiger partial charge < -0.3 is 10.4 Å². The Morgan fingerprint density at radius 2 is 2.40 bits per heavy atom. The molecule has 0 aromatic carbocycles. The lowest BCUT2D eigenvalue weighted by atomic mass is 9.88. The fraction of sp³-hybridized carbons (Fsp3) is 0.727. The molecule has 86 valence electrons. The maximum atomic E-state index is 9.28. The molecule has 2 N–H and O–H groups in total. The Bertz CT molecular complexity index is 270. The van der Waals surface area contributed by atoms with Crippen LogP contribution in [-0.2, 0) is 0 Å². The normalized spacial score (nSPS) is 17.3. The number of aromatic nitrogens is 1. The maximum Gasteiger partial charge on any atom is 0.0794 e. The van der Waals surface area contributed by atoms with E-state index in [4.69, 9.17) is 0 Å². The predicted octanol–water partition coefficient (Wildman–Crippen LogP) is 2.20. The van der Waals surface area contributed by atoms with Crippen molar-refractivity contribution in [2.45, 2.75) is 33.2 Å². The van der Waals surface area contributed by atoms with Crippen molar-refractivity contribution in [3.8, 4) is 0 Å². The molecule has 4 heteroatoms. The van der Waals surface area contributed by atoms with Crippen LogP contribution in [0.1, 0.15) is 38.1 Å². The van der Waals surface area contributed by atoms with E-state index < -0.39 is 0 Å². The highest BCUT2D eigenvalue weighted by Crippen LogP contribution is 2.22. The summed E-state index contributed by atoms with van der Waals surface area (Å²) in [5.41, 5.74) is 1.83. The smallest absolute Gasteiger partial charge is 0.0794 e. The van der Waals surface area contributed by atoms with Crippen LogP contribution in [0.5, 0.6) is 0 Å². The van der Waals surface area contributed by atoms with Gasteiger partial charge in [-0.1, -0.05) is 13.8 Å². The molecule has 3 nitrogen and oxygen atoms in total. The van der Waals surface area contributed by atoms with Crippen molar-refractivity contribution < 1.29 is 5.11 Å². The molecule has 1 heterocycles. The van der Waals surface area contributed by atoms with E-state index in [-0.39, 0.29) is 12.0 Å². The summed E-state index contributed by atoms with van der Waals surface area (Å²) in [6, 6.07) is 0.315.